The number of ether oxygens (including phenoxy) is 1. The molecule has 1 aromatic rings. The van der Waals surface area contributed by atoms with Crippen LogP contribution in [0.3, 0.4) is 0 Å². The Morgan fingerprint density at radius 1 is 1.47 bits per heavy atom. The molecule has 1 fully saturated rings. The number of nitrogens with zero attached hydrogens (tertiary/aromatic N) is 1. The maximum Gasteiger partial charge on any atom is 0.122 e. The van der Waals surface area contributed by atoms with Crippen molar-refractivity contribution in [2.75, 3.05) is 20.7 Å². The summed E-state index contributed by atoms with van der Waals surface area (Å²) < 4.78 is 5.41. The number of methoxy groups -OCH3 is 1. The quantitative estimate of drug-likeness (QED) is 0.909. The van der Waals surface area contributed by atoms with Crippen LogP contribution in [0.5, 0.6) is 5.75 Å². The van der Waals surface area contributed by atoms with Crippen LogP contribution in [-0.4, -0.2) is 42.4 Å². The molecule has 0 amide bonds. The second kappa shape index (κ2) is 5.51. The Balaban J connectivity index is 2.18. The molecule has 1 aliphatic rings. The Bertz CT molecular complexity index is 446. The number of hydrogen-bond acceptors (Lipinski definition) is 3. The third-order valence-corrected chi connectivity index (χ3v) is 4.31. The van der Waals surface area contributed by atoms with Crippen molar-refractivity contribution in [3.05, 3.63) is 29.3 Å². The molecule has 0 radical (unpaired) electrons. The second-order valence-electron chi connectivity index (χ2n) is 6.00. The van der Waals surface area contributed by atoms with Crippen LogP contribution >= 0.6 is 0 Å². The van der Waals surface area contributed by atoms with Crippen LogP contribution in [0.2, 0.25) is 0 Å². The highest BCUT2D eigenvalue weighted by Gasteiger charge is 2.35. The first-order valence-corrected chi connectivity index (χ1v) is 7.00. The molecular formula is C16H25NO2. The normalized spacial score (nSPS) is 28.4. The Labute approximate surface area is 116 Å². The molecule has 0 spiro atoms. The van der Waals surface area contributed by atoms with E-state index in [0.29, 0.717) is 12.5 Å². The second-order valence-corrected chi connectivity index (χ2v) is 6.00. The van der Waals surface area contributed by atoms with Crippen molar-refractivity contribution >= 4 is 0 Å². The molecule has 1 heterocycles. The molecule has 1 aliphatic heterocycles. The summed E-state index contributed by atoms with van der Waals surface area (Å²) in [6, 6.07) is 6.59. The van der Waals surface area contributed by atoms with Gasteiger partial charge in [0.25, 0.3) is 0 Å². The highest BCUT2D eigenvalue weighted by atomic mass is 16.5. The topological polar surface area (TPSA) is 32.7 Å². The molecule has 3 nitrogen and oxygen atoms in total. The first-order chi connectivity index (χ1) is 8.93. The molecular weight excluding hydrogens is 238 g/mol. The molecule has 1 saturated heterocycles. The van der Waals surface area contributed by atoms with Gasteiger partial charge in [0.15, 0.2) is 0 Å². The molecule has 3 heteroatoms. The summed E-state index contributed by atoms with van der Waals surface area (Å²) in [5.74, 6) is 0.880. The SMILES string of the molecule is COc1ccc(C)cc1CC1(O)CCN(C)C(C)C1. The van der Waals surface area contributed by atoms with Crippen LogP contribution < -0.4 is 4.74 Å². The van der Waals surface area contributed by atoms with Crippen LogP contribution in [-0.2, 0) is 6.42 Å². The molecule has 19 heavy (non-hydrogen) atoms. The maximum absolute atomic E-state index is 10.8. The minimum Gasteiger partial charge on any atom is -0.496 e. The number of hydrogen-bond donors (Lipinski definition) is 1. The van der Waals surface area contributed by atoms with Gasteiger partial charge in [-0.25, -0.2) is 0 Å². The van der Waals surface area contributed by atoms with Crippen LogP contribution in [0.4, 0.5) is 0 Å². The van der Waals surface area contributed by atoms with E-state index in [9.17, 15) is 5.11 Å². The molecule has 0 saturated carbocycles. The van der Waals surface area contributed by atoms with Gasteiger partial charge in [0.1, 0.15) is 5.75 Å². The third kappa shape index (κ3) is 3.28. The lowest BCUT2D eigenvalue weighted by Crippen LogP contribution is -2.48. The Morgan fingerprint density at radius 2 is 2.21 bits per heavy atom. The molecule has 0 bridgehead atoms. The fourth-order valence-electron chi connectivity index (χ4n) is 2.97. The van der Waals surface area contributed by atoms with Crippen LogP contribution in [0.25, 0.3) is 0 Å². The largest absolute Gasteiger partial charge is 0.496 e. The van der Waals surface area contributed by atoms with E-state index < -0.39 is 5.60 Å². The van der Waals surface area contributed by atoms with Gasteiger partial charge in [-0.15, -0.1) is 0 Å². The average molecular weight is 263 g/mol. The van der Waals surface area contributed by atoms with E-state index in [1.54, 1.807) is 7.11 Å². The van der Waals surface area contributed by atoms with Crippen LogP contribution in [0.15, 0.2) is 18.2 Å². The van der Waals surface area contributed by atoms with Gasteiger partial charge < -0.3 is 14.7 Å². The van der Waals surface area contributed by atoms with Gasteiger partial charge in [0.05, 0.1) is 12.7 Å². The molecule has 1 aromatic carbocycles. The van der Waals surface area contributed by atoms with Gasteiger partial charge in [0.2, 0.25) is 0 Å². The van der Waals surface area contributed by atoms with Gasteiger partial charge in [-0.05, 0) is 45.4 Å². The highest BCUT2D eigenvalue weighted by Crippen LogP contribution is 2.32. The van der Waals surface area contributed by atoms with Gasteiger partial charge in [-0.3, -0.25) is 0 Å². The molecule has 0 aromatic heterocycles. The van der Waals surface area contributed by atoms with Crippen LogP contribution in [0, 0.1) is 6.92 Å². The van der Waals surface area contributed by atoms with Crippen molar-refractivity contribution in [3.8, 4) is 5.75 Å². The molecule has 2 atom stereocenters. The molecule has 1 N–H and O–H groups in total. The molecule has 2 unspecified atom stereocenters. The summed E-state index contributed by atoms with van der Waals surface area (Å²) in [4.78, 5) is 2.31. The number of rotatable bonds is 3. The van der Waals surface area contributed by atoms with E-state index in [0.717, 1.165) is 30.7 Å². The predicted octanol–water partition coefficient (Wildman–Crippen LogP) is 2.39. The number of likely N-dealkylation sites (tertiary alicyclic amines) is 1. The summed E-state index contributed by atoms with van der Waals surface area (Å²) in [7, 11) is 3.81. The maximum atomic E-state index is 10.8. The lowest BCUT2D eigenvalue weighted by atomic mass is 9.82. The summed E-state index contributed by atoms with van der Waals surface area (Å²) in [5.41, 5.74) is 1.72. The Hall–Kier alpha value is -1.06. The predicted molar refractivity (Wildman–Crippen MR) is 77.7 cm³/mol. The molecule has 2 rings (SSSR count). The monoisotopic (exact) mass is 263 g/mol. The van der Waals surface area contributed by atoms with Crippen LogP contribution in [0.1, 0.15) is 30.9 Å². The van der Waals surface area contributed by atoms with Crippen molar-refractivity contribution in [1.82, 2.24) is 4.90 Å². The van der Waals surface area contributed by atoms with Gasteiger partial charge >= 0.3 is 0 Å². The number of aliphatic hydroxyl groups is 1. The van der Waals surface area contributed by atoms with Crippen molar-refractivity contribution in [2.45, 2.75) is 44.8 Å². The highest BCUT2D eigenvalue weighted by molar-refractivity contribution is 5.38. The van der Waals surface area contributed by atoms with E-state index >= 15 is 0 Å². The smallest absolute Gasteiger partial charge is 0.122 e. The fourth-order valence-corrected chi connectivity index (χ4v) is 2.97. The first kappa shape index (κ1) is 14.4. The number of benzene rings is 1. The Kier molecular flexibility index (Phi) is 4.16. The minimum atomic E-state index is -0.604. The van der Waals surface area contributed by atoms with Crippen molar-refractivity contribution < 1.29 is 9.84 Å². The van der Waals surface area contributed by atoms with Gasteiger partial charge in [0, 0.05) is 19.0 Å². The molecule has 106 valence electrons. The summed E-state index contributed by atoms with van der Waals surface area (Å²) >= 11 is 0. The number of piperidine rings is 1. The fraction of sp³-hybridized carbons (Fsp3) is 0.625. The van der Waals surface area contributed by atoms with Gasteiger partial charge in [-0.1, -0.05) is 17.7 Å². The lowest BCUT2D eigenvalue weighted by Gasteiger charge is -2.41. The van der Waals surface area contributed by atoms with Gasteiger partial charge in [-0.2, -0.15) is 0 Å². The van der Waals surface area contributed by atoms with Crippen molar-refractivity contribution in [3.63, 3.8) is 0 Å². The van der Waals surface area contributed by atoms with E-state index in [2.05, 4.69) is 31.9 Å². The van der Waals surface area contributed by atoms with Crippen molar-refractivity contribution in [2.24, 2.45) is 0 Å². The summed E-state index contributed by atoms with van der Waals surface area (Å²) in [6.07, 6.45) is 2.32. The zero-order valence-electron chi connectivity index (χ0n) is 12.4. The first-order valence-electron chi connectivity index (χ1n) is 7.00. The van der Waals surface area contributed by atoms with E-state index in [1.165, 1.54) is 5.56 Å². The zero-order chi connectivity index (χ0) is 14.0. The van der Waals surface area contributed by atoms with E-state index in [1.807, 2.05) is 12.1 Å². The minimum absolute atomic E-state index is 0.426. The summed E-state index contributed by atoms with van der Waals surface area (Å²) in [5, 5.41) is 10.8. The third-order valence-electron chi connectivity index (χ3n) is 4.31. The average Bonchev–Trinajstić information content (AvgIpc) is 2.35. The van der Waals surface area contributed by atoms with Crippen molar-refractivity contribution in [1.29, 1.82) is 0 Å². The zero-order valence-corrected chi connectivity index (χ0v) is 12.4. The lowest BCUT2D eigenvalue weighted by molar-refractivity contribution is -0.0356. The van der Waals surface area contributed by atoms with E-state index in [-0.39, 0.29) is 0 Å². The number of aryl methyl sites for hydroxylation is 1. The van der Waals surface area contributed by atoms with E-state index in [4.69, 9.17) is 4.74 Å². The standard InChI is InChI=1S/C16H25NO2/c1-12-5-6-15(19-4)14(9-12)11-16(18)7-8-17(3)13(2)10-16/h5-6,9,13,18H,7-8,10-11H2,1-4H3. The summed E-state index contributed by atoms with van der Waals surface area (Å²) in [6.45, 7) is 5.20. The molecule has 0 aliphatic carbocycles. The Morgan fingerprint density at radius 3 is 2.84 bits per heavy atom.